The fourth-order valence-corrected chi connectivity index (χ4v) is 2.10. The van der Waals surface area contributed by atoms with Crippen LogP contribution in [0.25, 0.3) is 0 Å². The molecule has 0 amide bonds. The molecule has 0 radical (unpaired) electrons. The van der Waals surface area contributed by atoms with Gasteiger partial charge in [-0.25, -0.2) is 0 Å². The zero-order valence-corrected chi connectivity index (χ0v) is 10.5. The van der Waals surface area contributed by atoms with Gasteiger partial charge >= 0.3 is 0 Å². The summed E-state index contributed by atoms with van der Waals surface area (Å²) in [6, 6.07) is 6.81. The smallest absolute Gasteiger partial charge is 0.124 e. The summed E-state index contributed by atoms with van der Waals surface area (Å²) < 4.78 is 17.6. The van der Waals surface area contributed by atoms with Crippen LogP contribution in [0.5, 0.6) is 11.5 Å². The SMILES string of the molecule is Oc1ccc(OC2CN(CCCCCF)C2)cc1. The molecule has 1 aromatic carbocycles. The highest BCUT2D eigenvalue weighted by Crippen LogP contribution is 2.20. The number of aromatic hydroxyl groups is 1. The van der Waals surface area contributed by atoms with Gasteiger partial charge in [-0.2, -0.15) is 0 Å². The molecule has 0 spiro atoms. The Morgan fingerprint density at radius 3 is 2.56 bits per heavy atom. The summed E-state index contributed by atoms with van der Waals surface area (Å²) in [5.74, 6) is 1.06. The predicted octanol–water partition coefficient (Wildman–Crippen LogP) is 2.60. The molecule has 1 N–H and O–H groups in total. The van der Waals surface area contributed by atoms with Gasteiger partial charge in [0.05, 0.1) is 6.67 Å². The van der Waals surface area contributed by atoms with E-state index in [0.717, 1.165) is 38.2 Å². The molecule has 1 aromatic rings. The standard InChI is InChI=1S/C14H20FNO2/c15-8-2-1-3-9-16-10-14(11-16)18-13-6-4-12(17)5-7-13/h4-7,14,17H,1-3,8-11H2. The van der Waals surface area contributed by atoms with Crippen molar-refractivity contribution in [3.05, 3.63) is 24.3 Å². The van der Waals surface area contributed by atoms with Gasteiger partial charge in [0.15, 0.2) is 0 Å². The maximum atomic E-state index is 11.9. The number of likely N-dealkylation sites (tertiary alicyclic amines) is 1. The zero-order valence-electron chi connectivity index (χ0n) is 10.5. The highest BCUT2D eigenvalue weighted by molar-refractivity contribution is 5.30. The normalized spacial score (nSPS) is 16.5. The summed E-state index contributed by atoms with van der Waals surface area (Å²) in [7, 11) is 0. The molecule has 0 unspecified atom stereocenters. The number of alkyl halides is 1. The minimum absolute atomic E-state index is 0.202. The van der Waals surface area contributed by atoms with Gasteiger partial charge in [-0.15, -0.1) is 0 Å². The molecule has 1 fully saturated rings. The minimum Gasteiger partial charge on any atom is -0.508 e. The fraction of sp³-hybridized carbons (Fsp3) is 0.571. The van der Waals surface area contributed by atoms with Gasteiger partial charge in [0.25, 0.3) is 0 Å². The van der Waals surface area contributed by atoms with E-state index < -0.39 is 0 Å². The number of phenols is 1. The van der Waals surface area contributed by atoms with Gasteiger partial charge in [-0.3, -0.25) is 9.29 Å². The van der Waals surface area contributed by atoms with Crippen molar-refractivity contribution >= 4 is 0 Å². The molecule has 1 aliphatic heterocycles. The van der Waals surface area contributed by atoms with E-state index >= 15 is 0 Å². The first-order valence-electron chi connectivity index (χ1n) is 6.52. The third-order valence-electron chi connectivity index (χ3n) is 3.17. The summed E-state index contributed by atoms with van der Waals surface area (Å²) in [6.07, 6.45) is 2.96. The number of halogens is 1. The van der Waals surface area contributed by atoms with E-state index in [-0.39, 0.29) is 18.5 Å². The molecule has 0 bridgehead atoms. The molecule has 3 nitrogen and oxygen atoms in total. The van der Waals surface area contributed by atoms with Crippen LogP contribution in [0.2, 0.25) is 0 Å². The number of rotatable bonds is 7. The van der Waals surface area contributed by atoms with Crippen LogP contribution < -0.4 is 4.74 Å². The average molecular weight is 253 g/mol. The van der Waals surface area contributed by atoms with Crippen molar-refractivity contribution in [2.24, 2.45) is 0 Å². The Kier molecular flexibility index (Phi) is 4.81. The molecule has 0 aliphatic carbocycles. The van der Waals surface area contributed by atoms with Gasteiger partial charge in [-0.05, 0) is 50.1 Å². The van der Waals surface area contributed by atoms with Crippen LogP contribution in [-0.2, 0) is 0 Å². The number of ether oxygens (including phenoxy) is 1. The molecule has 0 saturated carbocycles. The number of unbranched alkanes of at least 4 members (excludes halogenated alkanes) is 2. The first-order valence-corrected chi connectivity index (χ1v) is 6.52. The Morgan fingerprint density at radius 2 is 1.89 bits per heavy atom. The minimum atomic E-state index is -0.202. The van der Waals surface area contributed by atoms with E-state index in [4.69, 9.17) is 9.84 Å². The van der Waals surface area contributed by atoms with Crippen LogP contribution in [0.15, 0.2) is 24.3 Å². The third-order valence-corrected chi connectivity index (χ3v) is 3.17. The van der Waals surface area contributed by atoms with Crippen LogP contribution in [0.3, 0.4) is 0 Å². The van der Waals surface area contributed by atoms with Crippen molar-refractivity contribution in [2.75, 3.05) is 26.3 Å². The summed E-state index contributed by atoms with van der Waals surface area (Å²) >= 11 is 0. The molecule has 1 aliphatic rings. The predicted molar refractivity (Wildman–Crippen MR) is 68.8 cm³/mol. The van der Waals surface area contributed by atoms with Crippen molar-refractivity contribution in [1.82, 2.24) is 4.90 Å². The van der Waals surface area contributed by atoms with E-state index in [2.05, 4.69) is 4.90 Å². The lowest BCUT2D eigenvalue weighted by Crippen LogP contribution is -2.53. The summed E-state index contributed by atoms with van der Waals surface area (Å²) in [5.41, 5.74) is 0. The first kappa shape index (κ1) is 13.1. The van der Waals surface area contributed by atoms with Crippen LogP contribution in [0.4, 0.5) is 4.39 Å². The quantitative estimate of drug-likeness (QED) is 0.758. The molecular weight excluding hydrogens is 233 g/mol. The van der Waals surface area contributed by atoms with Crippen LogP contribution in [-0.4, -0.2) is 42.4 Å². The molecule has 0 aromatic heterocycles. The Labute approximate surface area is 107 Å². The number of hydrogen-bond acceptors (Lipinski definition) is 3. The maximum absolute atomic E-state index is 11.9. The lowest BCUT2D eigenvalue weighted by molar-refractivity contribution is 0.0190. The van der Waals surface area contributed by atoms with E-state index in [1.54, 1.807) is 24.3 Å². The van der Waals surface area contributed by atoms with Crippen molar-refractivity contribution in [2.45, 2.75) is 25.4 Å². The van der Waals surface area contributed by atoms with Gasteiger partial charge in [0.2, 0.25) is 0 Å². The van der Waals surface area contributed by atoms with Crippen molar-refractivity contribution in [3.8, 4) is 11.5 Å². The van der Waals surface area contributed by atoms with Crippen LogP contribution in [0.1, 0.15) is 19.3 Å². The summed E-state index contributed by atoms with van der Waals surface area (Å²) in [6.45, 7) is 2.72. The molecule has 18 heavy (non-hydrogen) atoms. The monoisotopic (exact) mass is 253 g/mol. The second-order valence-corrected chi connectivity index (χ2v) is 4.74. The third kappa shape index (κ3) is 3.88. The van der Waals surface area contributed by atoms with E-state index in [1.165, 1.54) is 0 Å². The zero-order chi connectivity index (χ0) is 12.8. The van der Waals surface area contributed by atoms with Gasteiger partial charge in [0, 0.05) is 13.1 Å². The summed E-state index contributed by atoms with van der Waals surface area (Å²) in [5, 5.41) is 9.15. The number of nitrogens with zero attached hydrogens (tertiary/aromatic N) is 1. The topological polar surface area (TPSA) is 32.7 Å². The molecule has 2 rings (SSSR count). The number of benzene rings is 1. The van der Waals surface area contributed by atoms with Crippen LogP contribution in [0, 0.1) is 0 Å². The van der Waals surface area contributed by atoms with Crippen molar-refractivity contribution < 1.29 is 14.2 Å². The molecule has 1 heterocycles. The lowest BCUT2D eigenvalue weighted by Gasteiger charge is -2.39. The Balaban J connectivity index is 1.60. The summed E-state index contributed by atoms with van der Waals surface area (Å²) in [4.78, 5) is 2.32. The molecule has 4 heteroatoms. The van der Waals surface area contributed by atoms with E-state index in [1.807, 2.05) is 0 Å². The second-order valence-electron chi connectivity index (χ2n) is 4.74. The van der Waals surface area contributed by atoms with Crippen LogP contribution >= 0.6 is 0 Å². The lowest BCUT2D eigenvalue weighted by atomic mass is 10.1. The average Bonchev–Trinajstić information content (AvgIpc) is 2.33. The van der Waals surface area contributed by atoms with Gasteiger partial charge in [0.1, 0.15) is 17.6 Å². The highest BCUT2D eigenvalue weighted by Gasteiger charge is 2.27. The second kappa shape index (κ2) is 6.59. The number of hydrogen-bond donors (Lipinski definition) is 1. The molecule has 1 saturated heterocycles. The van der Waals surface area contributed by atoms with E-state index in [9.17, 15) is 4.39 Å². The van der Waals surface area contributed by atoms with E-state index in [0.29, 0.717) is 6.42 Å². The highest BCUT2D eigenvalue weighted by atomic mass is 19.1. The Morgan fingerprint density at radius 1 is 1.17 bits per heavy atom. The Bertz CT molecular complexity index is 349. The number of phenolic OH excluding ortho intramolecular Hbond substituents is 1. The van der Waals surface area contributed by atoms with Crippen molar-refractivity contribution in [3.63, 3.8) is 0 Å². The fourth-order valence-electron chi connectivity index (χ4n) is 2.10. The van der Waals surface area contributed by atoms with Gasteiger partial charge < -0.3 is 9.84 Å². The maximum Gasteiger partial charge on any atom is 0.124 e. The largest absolute Gasteiger partial charge is 0.508 e. The van der Waals surface area contributed by atoms with Crippen molar-refractivity contribution in [1.29, 1.82) is 0 Å². The first-order chi connectivity index (χ1) is 8.78. The Hall–Kier alpha value is -1.29. The van der Waals surface area contributed by atoms with Gasteiger partial charge in [-0.1, -0.05) is 0 Å². The molecule has 100 valence electrons. The molecular formula is C14H20FNO2. The molecule has 0 atom stereocenters.